The van der Waals surface area contributed by atoms with Crippen molar-refractivity contribution in [3.63, 3.8) is 0 Å². The largest absolute Gasteiger partial charge is 0.348 e. The Hall–Kier alpha value is -0.840. The molecule has 1 aromatic heterocycles. The fraction of sp³-hybridized carbons (Fsp3) is 0.667. The molecule has 1 N–H and O–H groups in total. The van der Waals surface area contributed by atoms with E-state index in [9.17, 15) is 4.79 Å². The van der Waals surface area contributed by atoms with E-state index in [1.165, 1.54) is 0 Å². The molecule has 96 valence electrons. The maximum Gasteiger partial charge on any atom is 0.269 e. The number of hydrogen-bond donors (Lipinski definition) is 1. The van der Waals surface area contributed by atoms with Crippen LogP contribution in [0.2, 0.25) is 0 Å². The van der Waals surface area contributed by atoms with E-state index >= 15 is 0 Å². The average Bonchev–Trinajstić information content (AvgIpc) is 2.69. The first-order chi connectivity index (χ1) is 8.12. The summed E-state index contributed by atoms with van der Waals surface area (Å²) in [6.45, 7) is 6.68. The van der Waals surface area contributed by atoms with Gasteiger partial charge in [0.25, 0.3) is 5.91 Å². The molecule has 0 saturated carbocycles. The first-order valence-corrected chi connectivity index (χ1v) is 7.15. The first kappa shape index (κ1) is 14.2. The summed E-state index contributed by atoms with van der Waals surface area (Å²) in [6.07, 6.45) is 1.89. The Morgan fingerprint density at radius 3 is 2.82 bits per heavy atom. The van der Waals surface area contributed by atoms with Crippen LogP contribution in [0.15, 0.2) is 6.07 Å². The van der Waals surface area contributed by atoms with Crippen molar-refractivity contribution in [1.82, 2.24) is 15.1 Å². The van der Waals surface area contributed by atoms with Crippen LogP contribution < -0.4 is 5.32 Å². The molecule has 5 heteroatoms. The highest BCUT2D eigenvalue weighted by atomic mass is 79.9. The zero-order valence-corrected chi connectivity index (χ0v) is 12.2. The van der Waals surface area contributed by atoms with Crippen molar-refractivity contribution in [3.05, 3.63) is 17.5 Å². The average molecular weight is 302 g/mol. The second-order valence-corrected chi connectivity index (χ2v) is 4.84. The third-order valence-corrected chi connectivity index (χ3v) is 3.18. The summed E-state index contributed by atoms with van der Waals surface area (Å²) in [7, 11) is 0. The Bertz CT molecular complexity index is 376. The number of hydrogen-bond acceptors (Lipinski definition) is 2. The van der Waals surface area contributed by atoms with Crippen LogP contribution in [-0.2, 0) is 6.54 Å². The molecule has 0 spiro atoms. The third kappa shape index (κ3) is 3.84. The predicted octanol–water partition coefficient (Wildman–Crippen LogP) is 2.50. The number of alkyl halides is 1. The van der Waals surface area contributed by atoms with Crippen molar-refractivity contribution < 1.29 is 4.79 Å². The van der Waals surface area contributed by atoms with Crippen molar-refractivity contribution in [2.45, 2.75) is 46.2 Å². The lowest BCUT2D eigenvalue weighted by atomic mass is 10.1. The highest BCUT2D eigenvalue weighted by Gasteiger charge is 2.16. The van der Waals surface area contributed by atoms with E-state index in [0.29, 0.717) is 12.2 Å². The quantitative estimate of drug-likeness (QED) is 0.821. The fourth-order valence-electron chi connectivity index (χ4n) is 1.74. The molecular formula is C12H20BrN3O. The van der Waals surface area contributed by atoms with Crippen LogP contribution in [0.4, 0.5) is 0 Å². The molecule has 1 amide bonds. The number of nitrogens with one attached hydrogen (secondary N) is 1. The summed E-state index contributed by atoms with van der Waals surface area (Å²) in [4.78, 5) is 12.1. The molecule has 1 atom stereocenters. The van der Waals surface area contributed by atoms with Crippen molar-refractivity contribution in [1.29, 1.82) is 0 Å². The normalized spacial score (nSPS) is 12.5. The molecule has 0 aliphatic heterocycles. The molecule has 0 bridgehead atoms. The molecule has 1 unspecified atom stereocenters. The van der Waals surface area contributed by atoms with Crippen LogP contribution >= 0.6 is 15.9 Å². The summed E-state index contributed by atoms with van der Waals surface area (Å²) in [5, 5.41) is 8.22. The van der Waals surface area contributed by atoms with Gasteiger partial charge in [-0.2, -0.15) is 5.10 Å². The van der Waals surface area contributed by atoms with E-state index in [2.05, 4.69) is 33.3 Å². The summed E-state index contributed by atoms with van der Waals surface area (Å²) >= 11 is 3.40. The molecular weight excluding hydrogens is 282 g/mol. The van der Waals surface area contributed by atoms with Gasteiger partial charge in [-0.05, 0) is 32.8 Å². The monoisotopic (exact) mass is 301 g/mol. The minimum Gasteiger partial charge on any atom is -0.348 e. The van der Waals surface area contributed by atoms with Gasteiger partial charge in [-0.15, -0.1) is 0 Å². The van der Waals surface area contributed by atoms with Crippen LogP contribution in [-0.4, -0.2) is 27.1 Å². The molecule has 0 fully saturated rings. The van der Waals surface area contributed by atoms with Crippen molar-refractivity contribution in [2.75, 3.05) is 5.33 Å². The van der Waals surface area contributed by atoms with Crippen molar-refractivity contribution >= 4 is 21.8 Å². The predicted molar refractivity (Wildman–Crippen MR) is 72.6 cm³/mol. The molecule has 0 aliphatic rings. The molecule has 1 rings (SSSR count). The topological polar surface area (TPSA) is 46.9 Å². The highest BCUT2D eigenvalue weighted by molar-refractivity contribution is 9.09. The molecule has 1 heterocycles. The Kier molecular flexibility index (Phi) is 5.68. The Balaban J connectivity index is 2.74. The number of halogens is 1. The van der Waals surface area contributed by atoms with E-state index in [0.717, 1.165) is 23.9 Å². The van der Waals surface area contributed by atoms with Crippen LogP contribution in [0.25, 0.3) is 0 Å². The Labute approximate surface area is 111 Å². The van der Waals surface area contributed by atoms with Gasteiger partial charge >= 0.3 is 0 Å². The van der Waals surface area contributed by atoms with Gasteiger partial charge in [0.2, 0.25) is 0 Å². The molecule has 1 aromatic rings. The number of rotatable bonds is 6. The zero-order chi connectivity index (χ0) is 12.8. The number of carbonyl (C=O) groups is 1. The SMILES string of the molecule is CCC(CCBr)NC(=O)c1cc(C)nn1CC. The molecule has 0 aromatic carbocycles. The minimum atomic E-state index is -0.0275. The second kappa shape index (κ2) is 6.79. The van der Waals surface area contributed by atoms with E-state index in [1.54, 1.807) is 4.68 Å². The first-order valence-electron chi connectivity index (χ1n) is 6.03. The van der Waals surface area contributed by atoms with Crippen molar-refractivity contribution in [3.8, 4) is 0 Å². The standard InChI is InChI=1S/C12H20BrN3O/c1-4-10(6-7-13)14-12(17)11-8-9(3)15-16(11)5-2/h8,10H,4-7H2,1-3H3,(H,14,17). The number of carbonyl (C=O) groups excluding carboxylic acids is 1. The lowest BCUT2D eigenvalue weighted by Crippen LogP contribution is -2.35. The van der Waals surface area contributed by atoms with Gasteiger partial charge in [0.1, 0.15) is 5.69 Å². The van der Waals surface area contributed by atoms with Crippen LogP contribution in [0.1, 0.15) is 42.9 Å². The van der Waals surface area contributed by atoms with Gasteiger partial charge in [0.15, 0.2) is 0 Å². The molecule has 0 aliphatic carbocycles. The van der Waals surface area contributed by atoms with E-state index < -0.39 is 0 Å². The Morgan fingerprint density at radius 2 is 2.29 bits per heavy atom. The number of aromatic nitrogens is 2. The van der Waals surface area contributed by atoms with Crippen LogP contribution in [0.3, 0.4) is 0 Å². The van der Waals surface area contributed by atoms with E-state index in [1.807, 2.05) is 19.9 Å². The van der Waals surface area contributed by atoms with Gasteiger partial charge in [-0.1, -0.05) is 22.9 Å². The minimum absolute atomic E-state index is 0.0275. The summed E-state index contributed by atoms with van der Waals surface area (Å²) in [6, 6.07) is 2.06. The molecule has 17 heavy (non-hydrogen) atoms. The number of aryl methyl sites for hydroxylation is 2. The van der Waals surface area contributed by atoms with Crippen LogP contribution in [0, 0.1) is 6.92 Å². The molecule has 0 saturated heterocycles. The highest BCUT2D eigenvalue weighted by Crippen LogP contribution is 2.06. The molecule has 4 nitrogen and oxygen atoms in total. The summed E-state index contributed by atoms with van der Waals surface area (Å²) < 4.78 is 1.74. The Morgan fingerprint density at radius 1 is 1.59 bits per heavy atom. The maximum atomic E-state index is 12.1. The van der Waals surface area contributed by atoms with Crippen LogP contribution in [0.5, 0.6) is 0 Å². The second-order valence-electron chi connectivity index (χ2n) is 4.04. The lowest BCUT2D eigenvalue weighted by molar-refractivity contribution is 0.0924. The van der Waals surface area contributed by atoms with Gasteiger partial charge in [-0.25, -0.2) is 0 Å². The van der Waals surface area contributed by atoms with E-state index in [-0.39, 0.29) is 11.9 Å². The lowest BCUT2D eigenvalue weighted by Gasteiger charge is -2.15. The zero-order valence-electron chi connectivity index (χ0n) is 10.7. The van der Waals surface area contributed by atoms with Crippen molar-refractivity contribution in [2.24, 2.45) is 0 Å². The van der Waals surface area contributed by atoms with Gasteiger partial charge in [0, 0.05) is 17.9 Å². The number of nitrogens with zero attached hydrogens (tertiary/aromatic N) is 2. The van der Waals surface area contributed by atoms with Gasteiger partial charge in [-0.3, -0.25) is 9.48 Å². The van der Waals surface area contributed by atoms with Gasteiger partial charge < -0.3 is 5.32 Å². The number of amides is 1. The summed E-state index contributed by atoms with van der Waals surface area (Å²) in [5.74, 6) is -0.0275. The van der Waals surface area contributed by atoms with Gasteiger partial charge in [0.05, 0.1) is 5.69 Å². The maximum absolute atomic E-state index is 12.1. The fourth-order valence-corrected chi connectivity index (χ4v) is 2.29. The van der Waals surface area contributed by atoms with E-state index in [4.69, 9.17) is 0 Å². The molecule has 0 radical (unpaired) electrons. The summed E-state index contributed by atoms with van der Waals surface area (Å²) in [5.41, 5.74) is 1.53. The third-order valence-electron chi connectivity index (χ3n) is 2.72. The smallest absolute Gasteiger partial charge is 0.269 e.